The standard InChI is InChI=1S/C27H33N3O2/c1-3-29(18(2)19-8-5-4-6-9-19)26(31)21-11-12-22-20(16-21)13-15-30-25(22)17-24-23(27(30)32)10-7-14-28-24/h4-6,8-9,11-12,16,18,23-25,28H,3,7,10,13-15,17H2,1-2H3/t18-,23-,24-,25+/m1/s1. The number of hydrogen-bond acceptors (Lipinski definition) is 3. The average Bonchev–Trinajstić information content (AvgIpc) is 2.84. The summed E-state index contributed by atoms with van der Waals surface area (Å²) in [5.74, 6) is 0.529. The summed E-state index contributed by atoms with van der Waals surface area (Å²) in [6, 6.07) is 16.8. The third-order valence-corrected chi connectivity index (χ3v) is 7.76. The van der Waals surface area contributed by atoms with E-state index < -0.39 is 0 Å². The Bertz CT molecular complexity index is 1010. The SMILES string of the molecule is CCN(C(=O)c1ccc2c(c1)CCN1C(=O)[C@@H]3CCCN[C@@H]3C[C@@H]21)[C@H](C)c1ccccc1. The zero-order valence-corrected chi connectivity index (χ0v) is 19.1. The van der Waals surface area contributed by atoms with Gasteiger partial charge in [-0.3, -0.25) is 9.59 Å². The van der Waals surface area contributed by atoms with Gasteiger partial charge >= 0.3 is 0 Å². The van der Waals surface area contributed by atoms with Crippen LogP contribution in [0.15, 0.2) is 48.5 Å². The first kappa shape index (κ1) is 21.2. The van der Waals surface area contributed by atoms with Crippen molar-refractivity contribution in [1.82, 2.24) is 15.1 Å². The number of nitrogens with zero attached hydrogens (tertiary/aromatic N) is 2. The van der Waals surface area contributed by atoms with Crippen molar-refractivity contribution in [3.63, 3.8) is 0 Å². The lowest BCUT2D eigenvalue weighted by Gasteiger charge is -2.48. The number of benzene rings is 2. The molecule has 5 nitrogen and oxygen atoms in total. The summed E-state index contributed by atoms with van der Waals surface area (Å²) in [4.78, 5) is 30.6. The number of carbonyl (C=O) groups excluding carboxylic acids is 2. The highest BCUT2D eigenvalue weighted by Crippen LogP contribution is 2.41. The van der Waals surface area contributed by atoms with Gasteiger partial charge in [-0.25, -0.2) is 0 Å². The van der Waals surface area contributed by atoms with Gasteiger partial charge in [0.1, 0.15) is 0 Å². The molecule has 0 aromatic heterocycles. The Balaban J connectivity index is 1.39. The Hall–Kier alpha value is -2.66. The monoisotopic (exact) mass is 431 g/mol. The maximum Gasteiger partial charge on any atom is 0.254 e. The maximum atomic E-state index is 13.5. The Labute approximate surface area is 190 Å². The van der Waals surface area contributed by atoms with E-state index in [-0.39, 0.29) is 30.0 Å². The van der Waals surface area contributed by atoms with Crippen LogP contribution in [0.1, 0.15) is 72.2 Å². The maximum absolute atomic E-state index is 13.5. The fourth-order valence-electron chi connectivity index (χ4n) is 5.98. The van der Waals surface area contributed by atoms with Gasteiger partial charge in [0.05, 0.1) is 18.0 Å². The van der Waals surface area contributed by atoms with Crippen molar-refractivity contribution in [3.05, 3.63) is 70.8 Å². The minimum Gasteiger partial charge on any atom is -0.335 e. The molecule has 0 unspecified atom stereocenters. The molecule has 0 radical (unpaired) electrons. The van der Waals surface area contributed by atoms with Crippen molar-refractivity contribution in [2.24, 2.45) is 5.92 Å². The number of piperidine rings is 2. The number of hydrogen-bond donors (Lipinski definition) is 1. The molecule has 0 saturated carbocycles. The molecular formula is C27H33N3O2. The first-order valence-electron chi connectivity index (χ1n) is 12.1. The molecule has 2 fully saturated rings. The van der Waals surface area contributed by atoms with Gasteiger partial charge in [0.15, 0.2) is 0 Å². The van der Waals surface area contributed by atoms with E-state index in [2.05, 4.69) is 41.4 Å². The van der Waals surface area contributed by atoms with Crippen molar-refractivity contribution in [3.8, 4) is 0 Å². The number of amides is 2. The van der Waals surface area contributed by atoms with E-state index in [0.29, 0.717) is 12.5 Å². The Kier molecular flexibility index (Phi) is 5.76. The summed E-state index contributed by atoms with van der Waals surface area (Å²) >= 11 is 0. The van der Waals surface area contributed by atoms with E-state index in [4.69, 9.17) is 0 Å². The van der Waals surface area contributed by atoms with Crippen LogP contribution < -0.4 is 5.32 Å². The topological polar surface area (TPSA) is 52.7 Å². The second-order valence-electron chi connectivity index (χ2n) is 9.43. The molecule has 168 valence electrons. The van der Waals surface area contributed by atoms with Crippen molar-refractivity contribution in [2.75, 3.05) is 19.6 Å². The molecule has 0 aliphatic carbocycles. The molecule has 4 atom stereocenters. The van der Waals surface area contributed by atoms with Gasteiger partial charge in [0.25, 0.3) is 5.91 Å². The van der Waals surface area contributed by atoms with Crippen LogP contribution in [0.4, 0.5) is 0 Å². The highest BCUT2D eigenvalue weighted by atomic mass is 16.2. The zero-order chi connectivity index (χ0) is 22.2. The summed E-state index contributed by atoms with van der Waals surface area (Å²) in [6.07, 6.45) is 3.89. The van der Waals surface area contributed by atoms with Crippen molar-refractivity contribution < 1.29 is 9.59 Å². The summed E-state index contributed by atoms with van der Waals surface area (Å²) in [5.41, 5.74) is 4.35. The third-order valence-electron chi connectivity index (χ3n) is 7.76. The Morgan fingerprint density at radius 2 is 2.03 bits per heavy atom. The largest absolute Gasteiger partial charge is 0.335 e. The third kappa shape index (κ3) is 3.62. The normalized spacial score (nSPS) is 25.4. The van der Waals surface area contributed by atoms with Crippen molar-refractivity contribution >= 4 is 11.8 Å². The minimum atomic E-state index is 0.0190. The summed E-state index contributed by atoms with van der Waals surface area (Å²) < 4.78 is 0. The van der Waals surface area contributed by atoms with E-state index in [1.807, 2.05) is 36.1 Å². The van der Waals surface area contributed by atoms with Crippen molar-refractivity contribution in [2.45, 2.75) is 57.7 Å². The lowest BCUT2D eigenvalue weighted by atomic mass is 9.77. The molecule has 2 amide bonds. The lowest BCUT2D eigenvalue weighted by molar-refractivity contribution is -0.145. The van der Waals surface area contributed by atoms with E-state index in [1.54, 1.807) is 0 Å². The predicted octanol–water partition coefficient (Wildman–Crippen LogP) is 4.11. The predicted molar refractivity (Wildman–Crippen MR) is 125 cm³/mol. The first-order chi connectivity index (χ1) is 15.6. The number of carbonyl (C=O) groups is 2. The van der Waals surface area contributed by atoms with Crippen LogP contribution in [-0.4, -0.2) is 47.3 Å². The van der Waals surface area contributed by atoms with Crippen LogP contribution >= 0.6 is 0 Å². The Morgan fingerprint density at radius 3 is 2.81 bits per heavy atom. The second kappa shape index (κ2) is 8.70. The smallest absolute Gasteiger partial charge is 0.254 e. The molecule has 32 heavy (non-hydrogen) atoms. The number of rotatable bonds is 4. The van der Waals surface area contributed by atoms with Crippen LogP contribution in [0.2, 0.25) is 0 Å². The van der Waals surface area contributed by atoms with E-state index in [9.17, 15) is 9.59 Å². The highest BCUT2D eigenvalue weighted by Gasteiger charge is 2.45. The molecule has 0 spiro atoms. The van der Waals surface area contributed by atoms with Crippen LogP contribution in [0, 0.1) is 5.92 Å². The van der Waals surface area contributed by atoms with Crippen LogP contribution in [0.5, 0.6) is 0 Å². The molecular weight excluding hydrogens is 398 g/mol. The van der Waals surface area contributed by atoms with Gasteiger partial charge in [-0.15, -0.1) is 0 Å². The molecule has 3 heterocycles. The van der Waals surface area contributed by atoms with Gasteiger partial charge in [0, 0.05) is 24.7 Å². The molecule has 2 aromatic carbocycles. The molecule has 2 aromatic rings. The van der Waals surface area contributed by atoms with Gasteiger partial charge in [-0.05, 0) is 74.9 Å². The fourth-order valence-corrected chi connectivity index (χ4v) is 5.98. The lowest BCUT2D eigenvalue weighted by Crippen LogP contribution is -2.57. The van der Waals surface area contributed by atoms with Gasteiger partial charge in [0.2, 0.25) is 5.91 Å². The van der Waals surface area contributed by atoms with E-state index in [1.165, 1.54) is 11.1 Å². The van der Waals surface area contributed by atoms with Crippen molar-refractivity contribution in [1.29, 1.82) is 0 Å². The van der Waals surface area contributed by atoms with E-state index >= 15 is 0 Å². The van der Waals surface area contributed by atoms with Crippen LogP contribution in [0.25, 0.3) is 0 Å². The summed E-state index contributed by atoms with van der Waals surface area (Å²) in [6.45, 7) is 6.55. The summed E-state index contributed by atoms with van der Waals surface area (Å²) in [7, 11) is 0. The summed E-state index contributed by atoms with van der Waals surface area (Å²) in [5, 5.41) is 3.59. The van der Waals surface area contributed by atoms with Crippen LogP contribution in [-0.2, 0) is 11.2 Å². The molecule has 1 N–H and O–H groups in total. The molecule has 0 bridgehead atoms. The quantitative estimate of drug-likeness (QED) is 0.793. The minimum absolute atomic E-state index is 0.0190. The number of nitrogens with one attached hydrogen (secondary N) is 1. The molecule has 3 aliphatic heterocycles. The fraction of sp³-hybridized carbons (Fsp3) is 0.481. The van der Waals surface area contributed by atoms with Gasteiger partial charge in [-0.1, -0.05) is 36.4 Å². The second-order valence-corrected chi connectivity index (χ2v) is 9.43. The van der Waals surface area contributed by atoms with Gasteiger partial charge < -0.3 is 15.1 Å². The molecule has 5 rings (SSSR count). The zero-order valence-electron chi connectivity index (χ0n) is 19.1. The molecule has 3 aliphatic rings. The van der Waals surface area contributed by atoms with Gasteiger partial charge in [-0.2, -0.15) is 0 Å². The van der Waals surface area contributed by atoms with Crippen LogP contribution in [0.3, 0.4) is 0 Å². The van der Waals surface area contributed by atoms with E-state index in [0.717, 1.165) is 49.9 Å². The number of fused-ring (bicyclic) bond motifs is 4. The Morgan fingerprint density at radius 1 is 1.22 bits per heavy atom. The highest BCUT2D eigenvalue weighted by molar-refractivity contribution is 5.95. The molecule has 5 heteroatoms. The molecule has 2 saturated heterocycles. The average molecular weight is 432 g/mol. The first-order valence-corrected chi connectivity index (χ1v) is 12.1.